The number of ether oxygens (including phenoxy) is 1. The van der Waals surface area contributed by atoms with Gasteiger partial charge < -0.3 is 15.2 Å². The highest BCUT2D eigenvalue weighted by Gasteiger charge is 2.11. The smallest absolute Gasteiger partial charge is 0.119 e. The number of rotatable bonds is 7. The Bertz CT molecular complexity index is 586. The van der Waals surface area contributed by atoms with Gasteiger partial charge in [-0.1, -0.05) is 24.3 Å². The van der Waals surface area contributed by atoms with E-state index in [1.807, 2.05) is 24.3 Å². The molecule has 0 amide bonds. The van der Waals surface area contributed by atoms with Crippen LogP contribution in [-0.4, -0.2) is 25.0 Å². The Hall–Kier alpha value is -1.49. The van der Waals surface area contributed by atoms with Gasteiger partial charge in [0.05, 0.1) is 13.2 Å². The van der Waals surface area contributed by atoms with E-state index in [9.17, 15) is 5.11 Å². The Labute approximate surface area is 136 Å². The van der Waals surface area contributed by atoms with Crippen LogP contribution in [0.25, 0.3) is 0 Å². The summed E-state index contributed by atoms with van der Waals surface area (Å²) in [7, 11) is 1.63. The molecular weight excluding hydrogens is 294 g/mol. The molecule has 2 rings (SSSR count). The van der Waals surface area contributed by atoms with Gasteiger partial charge in [0.25, 0.3) is 0 Å². The lowest BCUT2D eigenvalue weighted by Gasteiger charge is -2.18. The Balaban J connectivity index is 1.92. The van der Waals surface area contributed by atoms with Gasteiger partial charge in [-0.2, -0.15) is 0 Å². The normalized spacial score (nSPS) is 13.6. The van der Waals surface area contributed by atoms with Crippen LogP contribution in [0.1, 0.15) is 30.2 Å². The van der Waals surface area contributed by atoms with E-state index in [2.05, 4.69) is 42.8 Å². The number of nitrogens with one attached hydrogen (secondary N) is 1. The molecule has 3 nitrogen and oxygen atoms in total. The van der Waals surface area contributed by atoms with Gasteiger partial charge in [0.1, 0.15) is 5.75 Å². The zero-order valence-electron chi connectivity index (χ0n) is 13.2. The lowest BCUT2D eigenvalue weighted by molar-refractivity contribution is 0.170. The molecule has 0 heterocycles. The first kappa shape index (κ1) is 16.9. The highest BCUT2D eigenvalue weighted by molar-refractivity contribution is 7.98. The van der Waals surface area contributed by atoms with Crippen molar-refractivity contribution >= 4 is 11.8 Å². The number of benzene rings is 2. The molecule has 0 aliphatic heterocycles. The van der Waals surface area contributed by atoms with Crippen molar-refractivity contribution in [1.29, 1.82) is 0 Å². The van der Waals surface area contributed by atoms with Crippen LogP contribution in [0.15, 0.2) is 53.4 Å². The van der Waals surface area contributed by atoms with Gasteiger partial charge in [0.2, 0.25) is 0 Å². The molecule has 118 valence electrons. The van der Waals surface area contributed by atoms with Gasteiger partial charge in [0, 0.05) is 17.5 Å². The van der Waals surface area contributed by atoms with Crippen molar-refractivity contribution < 1.29 is 9.84 Å². The standard InChI is InChI=1S/C18H23NO2S/c1-13(14-7-9-17(22-3)10-8-14)19-12-18(20)15-5-4-6-16(11-15)21-2/h4-11,13,18-20H,12H2,1-3H3. The van der Waals surface area contributed by atoms with Gasteiger partial charge in [-0.3, -0.25) is 0 Å². The van der Waals surface area contributed by atoms with E-state index < -0.39 is 6.10 Å². The number of aliphatic hydroxyl groups is 1. The van der Waals surface area contributed by atoms with Crippen molar-refractivity contribution in [1.82, 2.24) is 5.32 Å². The zero-order valence-corrected chi connectivity index (χ0v) is 14.1. The Morgan fingerprint density at radius 2 is 1.86 bits per heavy atom. The van der Waals surface area contributed by atoms with Crippen LogP contribution in [0, 0.1) is 0 Å². The van der Waals surface area contributed by atoms with Crippen LogP contribution in [0.2, 0.25) is 0 Å². The third-order valence-corrected chi connectivity index (χ3v) is 4.46. The SMILES string of the molecule is COc1cccc(C(O)CNC(C)c2ccc(SC)cc2)c1. The van der Waals surface area contributed by atoms with E-state index in [-0.39, 0.29) is 6.04 Å². The largest absolute Gasteiger partial charge is 0.497 e. The van der Waals surface area contributed by atoms with Crippen molar-refractivity contribution in [2.24, 2.45) is 0 Å². The van der Waals surface area contributed by atoms with Crippen LogP contribution in [0.4, 0.5) is 0 Å². The van der Waals surface area contributed by atoms with E-state index in [0.29, 0.717) is 6.54 Å². The van der Waals surface area contributed by atoms with E-state index in [4.69, 9.17) is 4.74 Å². The summed E-state index contributed by atoms with van der Waals surface area (Å²) in [5.41, 5.74) is 2.08. The summed E-state index contributed by atoms with van der Waals surface area (Å²) in [5.74, 6) is 0.761. The first-order valence-electron chi connectivity index (χ1n) is 7.33. The predicted molar refractivity (Wildman–Crippen MR) is 92.6 cm³/mol. The van der Waals surface area contributed by atoms with Crippen LogP contribution in [-0.2, 0) is 0 Å². The van der Waals surface area contributed by atoms with Crippen LogP contribution in [0.5, 0.6) is 5.75 Å². The molecule has 2 aromatic rings. The lowest BCUT2D eigenvalue weighted by atomic mass is 10.1. The third kappa shape index (κ3) is 4.50. The summed E-state index contributed by atoms with van der Waals surface area (Å²) < 4.78 is 5.19. The molecule has 0 fully saturated rings. The maximum Gasteiger partial charge on any atom is 0.119 e. The summed E-state index contributed by atoms with van der Waals surface area (Å²) in [6, 6.07) is 16.2. The minimum atomic E-state index is -0.553. The fourth-order valence-corrected chi connectivity index (χ4v) is 2.67. The van der Waals surface area contributed by atoms with Crippen LogP contribution < -0.4 is 10.1 Å². The molecule has 0 saturated carbocycles. The molecule has 2 unspecified atom stereocenters. The quantitative estimate of drug-likeness (QED) is 0.762. The molecule has 22 heavy (non-hydrogen) atoms. The molecule has 0 aromatic heterocycles. The lowest BCUT2D eigenvalue weighted by Crippen LogP contribution is -2.24. The molecule has 2 atom stereocenters. The molecule has 2 N–H and O–H groups in total. The summed E-state index contributed by atoms with van der Waals surface area (Å²) >= 11 is 1.74. The molecule has 0 saturated heterocycles. The van der Waals surface area contributed by atoms with Gasteiger partial charge in [-0.15, -0.1) is 11.8 Å². The predicted octanol–water partition coefficient (Wildman–Crippen LogP) is 3.80. The second-order valence-corrected chi connectivity index (χ2v) is 6.08. The van der Waals surface area contributed by atoms with Crippen LogP contribution >= 0.6 is 11.8 Å². The fourth-order valence-electron chi connectivity index (χ4n) is 2.27. The van der Waals surface area contributed by atoms with Gasteiger partial charge in [-0.05, 0) is 48.6 Å². The highest BCUT2D eigenvalue weighted by Crippen LogP contribution is 2.21. The van der Waals surface area contributed by atoms with E-state index in [1.165, 1.54) is 10.5 Å². The molecule has 0 radical (unpaired) electrons. The Morgan fingerprint density at radius 1 is 1.14 bits per heavy atom. The monoisotopic (exact) mass is 317 g/mol. The second kappa shape index (κ2) is 8.22. The molecule has 2 aromatic carbocycles. The highest BCUT2D eigenvalue weighted by atomic mass is 32.2. The molecule has 0 aliphatic rings. The summed E-state index contributed by atoms with van der Waals surface area (Å²) in [6.45, 7) is 2.60. The van der Waals surface area contributed by atoms with Gasteiger partial charge >= 0.3 is 0 Å². The summed E-state index contributed by atoms with van der Waals surface area (Å²) in [6.07, 6.45) is 1.52. The minimum Gasteiger partial charge on any atom is -0.497 e. The molecule has 0 aliphatic carbocycles. The third-order valence-electron chi connectivity index (χ3n) is 3.71. The number of aliphatic hydroxyl groups excluding tert-OH is 1. The van der Waals surface area contributed by atoms with Crippen LogP contribution in [0.3, 0.4) is 0 Å². The van der Waals surface area contributed by atoms with Crippen molar-refractivity contribution in [3.8, 4) is 5.75 Å². The van der Waals surface area contributed by atoms with E-state index in [0.717, 1.165) is 11.3 Å². The van der Waals surface area contributed by atoms with Crippen molar-refractivity contribution in [3.05, 3.63) is 59.7 Å². The topological polar surface area (TPSA) is 41.5 Å². The maximum atomic E-state index is 10.3. The van der Waals surface area contributed by atoms with Crippen molar-refractivity contribution in [2.75, 3.05) is 19.9 Å². The first-order valence-corrected chi connectivity index (χ1v) is 8.56. The van der Waals surface area contributed by atoms with E-state index >= 15 is 0 Å². The van der Waals surface area contributed by atoms with E-state index in [1.54, 1.807) is 18.9 Å². The average molecular weight is 317 g/mol. The summed E-state index contributed by atoms with van der Waals surface area (Å²) in [4.78, 5) is 1.26. The van der Waals surface area contributed by atoms with Gasteiger partial charge in [-0.25, -0.2) is 0 Å². The Kier molecular flexibility index (Phi) is 6.31. The minimum absolute atomic E-state index is 0.191. The number of methoxy groups -OCH3 is 1. The number of hydrogen-bond donors (Lipinski definition) is 2. The Morgan fingerprint density at radius 3 is 2.50 bits per heavy atom. The van der Waals surface area contributed by atoms with Crippen molar-refractivity contribution in [2.45, 2.75) is 24.0 Å². The zero-order chi connectivity index (χ0) is 15.9. The molecule has 4 heteroatoms. The number of hydrogen-bond acceptors (Lipinski definition) is 4. The maximum absolute atomic E-state index is 10.3. The molecule has 0 spiro atoms. The molecule has 0 bridgehead atoms. The fraction of sp³-hybridized carbons (Fsp3) is 0.333. The second-order valence-electron chi connectivity index (χ2n) is 5.20. The van der Waals surface area contributed by atoms with Gasteiger partial charge in [0.15, 0.2) is 0 Å². The average Bonchev–Trinajstić information content (AvgIpc) is 2.59. The first-order chi connectivity index (χ1) is 10.6. The number of thioether (sulfide) groups is 1. The summed E-state index contributed by atoms with van der Waals surface area (Å²) in [5, 5.41) is 13.7. The van der Waals surface area contributed by atoms with Crippen molar-refractivity contribution in [3.63, 3.8) is 0 Å². The molecular formula is C18H23NO2S.